The van der Waals surface area contributed by atoms with Crippen LogP contribution in [-0.2, 0) is 24.4 Å². The largest absolute Gasteiger partial charge is 0.489 e. The van der Waals surface area contributed by atoms with Crippen LogP contribution >= 0.6 is 0 Å². The number of nitrogens with zero attached hydrogens (tertiary/aromatic N) is 1. The van der Waals surface area contributed by atoms with Crippen LogP contribution in [0.3, 0.4) is 0 Å². The molecule has 2 N–H and O–H groups in total. The van der Waals surface area contributed by atoms with Crippen molar-refractivity contribution in [3.8, 4) is 5.75 Å². The topological polar surface area (TPSA) is 71.5 Å². The van der Waals surface area contributed by atoms with Crippen LogP contribution in [0.2, 0.25) is 0 Å². The fourth-order valence-electron chi connectivity index (χ4n) is 3.45. The molecule has 5 nitrogen and oxygen atoms in total. The van der Waals surface area contributed by atoms with Crippen molar-refractivity contribution < 1.29 is 14.6 Å². The van der Waals surface area contributed by atoms with Gasteiger partial charge in [0, 0.05) is 24.5 Å². The third kappa shape index (κ3) is 3.83. The number of nitrogens with one attached hydrogen (secondary N) is 1. The summed E-state index contributed by atoms with van der Waals surface area (Å²) in [5.74, 6) is -0.0613. The molecule has 136 valence electrons. The standard InChI is InChI=1S/C22H20N2O3/c25-21(26)11-15-7-8-20-19(10-15)22(24-13-16-4-3-9-23-12-16)18-6-2-1-5-17(18)14-27-20/h1-10,12,22,24H,11,13-14H2,(H,25,26). The molecule has 0 saturated carbocycles. The Kier molecular flexibility index (Phi) is 4.85. The van der Waals surface area contributed by atoms with Crippen molar-refractivity contribution in [3.63, 3.8) is 0 Å². The molecule has 1 aliphatic heterocycles. The Hall–Kier alpha value is -3.18. The fraction of sp³-hybridized carbons (Fsp3) is 0.182. The number of ether oxygens (including phenoxy) is 1. The third-order valence-electron chi connectivity index (χ3n) is 4.72. The molecule has 27 heavy (non-hydrogen) atoms. The van der Waals surface area contributed by atoms with Gasteiger partial charge in [0.05, 0.1) is 12.5 Å². The van der Waals surface area contributed by atoms with Crippen LogP contribution in [0.1, 0.15) is 33.9 Å². The Morgan fingerprint density at radius 3 is 2.81 bits per heavy atom. The molecule has 5 heteroatoms. The van der Waals surface area contributed by atoms with Crippen LogP contribution in [0, 0.1) is 0 Å². The number of pyridine rings is 1. The Bertz CT molecular complexity index is 957. The monoisotopic (exact) mass is 360 g/mol. The summed E-state index contributed by atoms with van der Waals surface area (Å²) < 4.78 is 6.02. The molecule has 1 aromatic heterocycles. The lowest BCUT2D eigenvalue weighted by atomic mass is 9.93. The molecule has 1 atom stereocenters. The second kappa shape index (κ2) is 7.60. The van der Waals surface area contributed by atoms with Gasteiger partial charge in [0.1, 0.15) is 12.4 Å². The number of aliphatic carboxylic acids is 1. The zero-order valence-electron chi connectivity index (χ0n) is 14.8. The van der Waals surface area contributed by atoms with Gasteiger partial charge in [-0.25, -0.2) is 0 Å². The first-order valence-electron chi connectivity index (χ1n) is 8.88. The Labute approximate surface area is 157 Å². The van der Waals surface area contributed by atoms with Crippen molar-refractivity contribution in [2.45, 2.75) is 25.6 Å². The van der Waals surface area contributed by atoms with E-state index >= 15 is 0 Å². The van der Waals surface area contributed by atoms with E-state index < -0.39 is 5.97 Å². The molecule has 1 aliphatic rings. The van der Waals surface area contributed by atoms with Crippen molar-refractivity contribution >= 4 is 5.97 Å². The molecule has 0 bridgehead atoms. The molecule has 0 fully saturated rings. The molecule has 0 spiro atoms. The van der Waals surface area contributed by atoms with E-state index in [1.807, 2.05) is 48.7 Å². The number of carboxylic acid groups (broad SMARTS) is 1. The third-order valence-corrected chi connectivity index (χ3v) is 4.72. The van der Waals surface area contributed by atoms with Gasteiger partial charge in [0.2, 0.25) is 0 Å². The summed E-state index contributed by atoms with van der Waals surface area (Å²) in [6.07, 6.45) is 3.59. The molecule has 4 rings (SSSR count). The summed E-state index contributed by atoms with van der Waals surface area (Å²) in [7, 11) is 0. The van der Waals surface area contributed by atoms with E-state index in [-0.39, 0.29) is 12.5 Å². The molecule has 0 amide bonds. The van der Waals surface area contributed by atoms with E-state index in [9.17, 15) is 4.79 Å². The number of carbonyl (C=O) groups is 1. The van der Waals surface area contributed by atoms with Crippen LogP contribution < -0.4 is 10.1 Å². The van der Waals surface area contributed by atoms with Crippen LogP contribution in [-0.4, -0.2) is 16.1 Å². The zero-order valence-corrected chi connectivity index (χ0v) is 14.8. The van der Waals surface area contributed by atoms with Crippen LogP contribution in [0.5, 0.6) is 5.75 Å². The van der Waals surface area contributed by atoms with Crippen molar-refractivity contribution in [2.24, 2.45) is 0 Å². The SMILES string of the molecule is O=C(O)Cc1ccc2c(c1)C(NCc1cccnc1)c1ccccc1CO2. The smallest absolute Gasteiger partial charge is 0.307 e. The van der Waals surface area contributed by atoms with Gasteiger partial charge in [-0.3, -0.25) is 9.78 Å². The van der Waals surface area contributed by atoms with Crippen LogP contribution in [0.25, 0.3) is 0 Å². The summed E-state index contributed by atoms with van der Waals surface area (Å²) in [5.41, 5.74) is 5.08. The minimum atomic E-state index is -0.843. The minimum Gasteiger partial charge on any atom is -0.489 e. The molecule has 2 heterocycles. The maximum atomic E-state index is 11.1. The van der Waals surface area contributed by atoms with Crippen LogP contribution in [0.4, 0.5) is 0 Å². The first-order valence-corrected chi connectivity index (χ1v) is 8.88. The highest BCUT2D eigenvalue weighted by Crippen LogP contribution is 2.36. The lowest BCUT2D eigenvalue weighted by Crippen LogP contribution is -2.22. The maximum absolute atomic E-state index is 11.1. The normalized spacial score (nSPS) is 15.2. The molecule has 1 unspecified atom stereocenters. The number of rotatable bonds is 5. The number of hydrogen-bond acceptors (Lipinski definition) is 4. The average molecular weight is 360 g/mol. The molecular weight excluding hydrogens is 340 g/mol. The fourth-order valence-corrected chi connectivity index (χ4v) is 3.45. The lowest BCUT2D eigenvalue weighted by molar-refractivity contribution is -0.136. The number of benzene rings is 2. The number of hydrogen-bond donors (Lipinski definition) is 2. The highest BCUT2D eigenvalue weighted by Gasteiger charge is 2.24. The van der Waals surface area contributed by atoms with E-state index in [1.165, 1.54) is 0 Å². The van der Waals surface area contributed by atoms with Gasteiger partial charge < -0.3 is 15.2 Å². The van der Waals surface area contributed by atoms with E-state index in [4.69, 9.17) is 9.84 Å². The first kappa shape index (κ1) is 17.2. The second-order valence-electron chi connectivity index (χ2n) is 6.61. The molecule has 3 aromatic rings. The highest BCUT2D eigenvalue weighted by atomic mass is 16.5. The summed E-state index contributed by atoms with van der Waals surface area (Å²) >= 11 is 0. The zero-order chi connectivity index (χ0) is 18.6. The Morgan fingerprint density at radius 2 is 2.00 bits per heavy atom. The predicted octanol–water partition coefficient (Wildman–Crippen LogP) is 3.48. The van der Waals surface area contributed by atoms with E-state index in [0.29, 0.717) is 13.2 Å². The van der Waals surface area contributed by atoms with Crippen molar-refractivity contribution in [2.75, 3.05) is 0 Å². The van der Waals surface area contributed by atoms with E-state index in [2.05, 4.69) is 22.4 Å². The molecule has 0 radical (unpaired) electrons. The summed E-state index contributed by atoms with van der Waals surface area (Å²) in [6.45, 7) is 1.14. The van der Waals surface area contributed by atoms with Gasteiger partial charge in [0.25, 0.3) is 0 Å². The van der Waals surface area contributed by atoms with Crippen molar-refractivity contribution in [1.29, 1.82) is 0 Å². The van der Waals surface area contributed by atoms with Gasteiger partial charge in [-0.05, 0) is 40.5 Å². The summed E-state index contributed by atoms with van der Waals surface area (Å²) in [4.78, 5) is 15.3. The quantitative estimate of drug-likeness (QED) is 0.729. The Morgan fingerprint density at radius 1 is 1.11 bits per heavy atom. The molecular formula is C22H20N2O3. The van der Waals surface area contributed by atoms with Gasteiger partial charge >= 0.3 is 5.97 Å². The summed E-state index contributed by atoms with van der Waals surface area (Å²) in [6, 6.07) is 17.7. The lowest BCUT2D eigenvalue weighted by Gasteiger charge is -2.21. The number of aromatic nitrogens is 1. The maximum Gasteiger partial charge on any atom is 0.307 e. The Balaban J connectivity index is 1.73. The second-order valence-corrected chi connectivity index (χ2v) is 6.61. The van der Waals surface area contributed by atoms with E-state index in [0.717, 1.165) is 33.6 Å². The van der Waals surface area contributed by atoms with Crippen molar-refractivity contribution in [3.05, 3.63) is 94.8 Å². The minimum absolute atomic E-state index is 0.00967. The molecule has 0 aliphatic carbocycles. The molecule has 0 saturated heterocycles. The van der Waals surface area contributed by atoms with Crippen LogP contribution in [0.15, 0.2) is 67.0 Å². The van der Waals surface area contributed by atoms with Gasteiger partial charge in [-0.1, -0.05) is 36.4 Å². The van der Waals surface area contributed by atoms with Crippen molar-refractivity contribution in [1.82, 2.24) is 10.3 Å². The van der Waals surface area contributed by atoms with Gasteiger partial charge in [-0.15, -0.1) is 0 Å². The summed E-state index contributed by atoms with van der Waals surface area (Å²) in [5, 5.41) is 12.8. The van der Waals surface area contributed by atoms with E-state index in [1.54, 1.807) is 6.20 Å². The average Bonchev–Trinajstić information content (AvgIpc) is 2.83. The van der Waals surface area contributed by atoms with Gasteiger partial charge in [0.15, 0.2) is 0 Å². The number of carboxylic acids is 1. The molecule has 2 aromatic carbocycles. The first-order chi connectivity index (χ1) is 13.2. The predicted molar refractivity (Wildman–Crippen MR) is 101 cm³/mol. The number of fused-ring (bicyclic) bond motifs is 2. The van der Waals surface area contributed by atoms with Gasteiger partial charge in [-0.2, -0.15) is 0 Å². The highest BCUT2D eigenvalue weighted by molar-refractivity contribution is 5.70.